The highest BCUT2D eigenvalue weighted by molar-refractivity contribution is 5.91. The van der Waals surface area contributed by atoms with Gasteiger partial charge in [-0.05, 0) is 41.8 Å². The maximum absolute atomic E-state index is 13.6. The number of para-hydroxylation sites is 1. The van der Waals surface area contributed by atoms with Crippen molar-refractivity contribution < 1.29 is 9.18 Å². The Balaban J connectivity index is 1.45. The van der Waals surface area contributed by atoms with Gasteiger partial charge in [0.15, 0.2) is 0 Å². The molecular formula is C22H18FN3O. The van der Waals surface area contributed by atoms with Gasteiger partial charge in [0.2, 0.25) is 5.91 Å². The molecule has 0 aliphatic heterocycles. The second kappa shape index (κ2) is 7.41. The first-order valence-corrected chi connectivity index (χ1v) is 8.76. The zero-order chi connectivity index (χ0) is 18.6. The predicted molar refractivity (Wildman–Crippen MR) is 105 cm³/mol. The largest absolute Gasteiger partial charge is 0.346 e. The number of fused-ring (bicyclic) bond motifs is 1. The first-order chi connectivity index (χ1) is 13.2. The van der Waals surface area contributed by atoms with Crippen molar-refractivity contribution in [1.29, 1.82) is 0 Å². The number of nitrogens with zero attached hydrogens (tertiary/aromatic N) is 1. The average Bonchev–Trinajstić information content (AvgIpc) is 3.16. The topological polar surface area (TPSA) is 57.8 Å². The van der Waals surface area contributed by atoms with Crippen molar-refractivity contribution >= 4 is 22.6 Å². The van der Waals surface area contributed by atoms with E-state index in [0.717, 1.165) is 27.7 Å². The summed E-state index contributed by atoms with van der Waals surface area (Å²) in [4.78, 5) is 19.6. The first-order valence-electron chi connectivity index (χ1n) is 8.76. The number of hydrogen-bond donors (Lipinski definition) is 2. The van der Waals surface area contributed by atoms with Crippen LogP contribution in [0.15, 0.2) is 73.1 Å². The van der Waals surface area contributed by atoms with E-state index in [1.807, 2.05) is 36.7 Å². The van der Waals surface area contributed by atoms with Crippen molar-refractivity contribution in [2.75, 3.05) is 5.32 Å². The highest BCUT2D eigenvalue weighted by Crippen LogP contribution is 2.23. The number of anilines is 1. The molecule has 0 spiro atoms. The summed E-state index contributed by atoms with van der Waals surface area (Å²) >= 11 is 0. The SMILES string of the molecule is O=C(CCc1cccc(-c2cnc3[nH]ccc3c2)c1)Nc1ccccc1F. The third-order valence-electron chi connectivity index (χ3n) is 4.45. The molecule has 0 saturated carbocycles. The minimum absolute atomic E-state index is 0.207. The molecule has 2 heterocycles. The molecule has 2 aromatic carbocycles. The Morgan fingerprint density at radius 3 is 2.81 bits per heavy atom. The second-order valence-corrected chi connectivity index (χ2v) is 6.37. The van der Waals surface area contributed by atoms with Crippen LogP contribution in [0.4, 0.5) is 10.1 Å². The molecule has 0 bridgehead atoms. The van der Waals surface area contributed by atoms with Crippen LogP contribution in [0.3, 0.4) is 0 Å². The van der Waals surface area contributed by atoms with Gasteiger partial charge in [-0.25, -0.2) is 9.37 Å². The number of H-pyrrole nitrogens is 1. The number of hydrogen-bond acceptors (Lipinski definition) is 2. The lowest BCUT2D eigenvalue weighted by atomic mass is 10.0. The number of halogens is 1. The van der Waals surface area contributed by atoms with Crippen LogP contribution in [0.1, 0.15) is 12.0 Å². The fourth-order valence-electron chi connectivity index (χ4n) is 3.04. The Hall–Kier alpha value is -3.47. The van der Waals surface area contributed by atoms with E-state index in [4.69, 9.17) is 0 Å². The van der Waals surface area contributed by atoms with Crippen molar-refractivity contribution in [3.63, 3.8) is 0 Å². The number of rotatable bonds is 5. The average molecular weight is 359 g/mol. The van der Waals surface area contributed by atoms with Crippen LogP contribution in [0.2, 0.25) is 0 Å². The summed E-state index contributed by atoms with van der Waals surface area (Å²) in [7, 11) is 0. The quantitative estimate of drug-likeness (QED) is 0.530. The fraction of sp³-hybridized carbons (Fsp3) is 0.0909. The van der Waals surface area contributed by atoms with Gasteiger partial charge in [0.25, 0.3) is 0 Å². The Labute approximate surface area is 156 Å². The number of aryl methyl sites for hydroxylation is 1. The fourth-order valence-corrected chi connectivity index (χ4v) is 3.04. The predicted octanol–water partition coefficient (Wildman–Crippen LogP) is 4.94. The summed E-state index contributed by atoms with van der Waals surface area (Å²) in [6.07, 6.45) is 4.57. The van der Waals surface area contributed by atoms with Crippen molar-refractivity contribution in [2.45, 2.75) is 12.8 Å². The Morgan fingerprint density at radius 2 is 1.93 bits per heavy atom. The van der Waals surface area contributed by atoms with Crippen LogP contribution in [0.5, 0.6) is 0 Å². The smallest absolute Gasteiger partial charge is 0.224 e. The van der Waals surface area contributed by atoms with E-state index in [9.17, 15) is 9.18 Å². The maximum atomic E-state index is 13.6. The van der Waals surface area contributed by atoms with Gasteiger partial charge >= 0.3 is 0 Å². The molecule has 0 radical (unpaired) electrons. The molecule has 4 aromatic rings. The molecule has 5 heteroatoms. The summed E-state index contributed by atoms with van der Waals surface area (Å²) in [6, 6.07) is 18.3. The summed E-state index contributed by atoms with van der Waals surface area (Å²) in [5.41, 5.74) is 4.20. The van der Waals surface area contributed by atoms with E-state index in [2.05, 4.69) is 27.4 Å². The number of aromatic amines is 1. The summed E-state index contributed by atoms with van der Waals surface area (Å²) < 4.78 is 13.6. The zero-order valence-corrected chi connectivity index (χ0v) is 14.6. The second-order valence-electron chi connectivity index (χ2n) is 6.37. The van der Waals surface area contributed by atoms with Crippen molar-refractivity contribution in [3.8, 4) is 11.1 Å². The Morgan fingerprint density at radius 1 is 1.04 bits per heavy atom. The van der Waals surface area contributed by atoms with Crippen molar-refractivity contribution in [2.24, 2.45) is 0 Å². The lowest BCUT2D eigenvalue weighted by Crippen LogP contribution is -2.13. The number of carbonyl (C=O) groups is 1. The zero-order valence-electron chi connectivity index (χ0n) is 14.6. The lowest BCUT2D eigenvalue weighted by molar-refractivity contribution is -0.116. The highest BCUT2D eigenvalue weighted by Gasteiger charge is 2.08. The molecule has 1 amide bonds. The van der Waals surface area contributed by atoms with E-state index >= 15 is 0 Å². The molecule has 0 saturated heterocycles. The highest BCUT2D eigenvalue weighted by atomic mass is 19.1. The molecule has 0 unspecified atom stereocenters. The standard InChI is InChI=1S/C22H18FN3O/c23-19-6-1-2-7-20(19)26-21(27)9-8-15-4-3-5-16(12-15)18-13-17-10-11-24-22(17)25-14-18/h1-7,10-14H,8-9H2,(H,24,25)(H,26,27). The normalized spacial score (nSPS) is 10.9. The van der Waals surface area contributed by atoms with Crippen LogP contribution in [0.25, 0.3) is 22.2 Å². The third-order valence-corrected chi connectivity index (χ3v) is 4.45. The van der Waals surface area contributed by atoms with E-state index in [-0.39, 0.29) is 18.0 Å². The van der Waals surface area contributed by atoms with Gasteiger partial charge < -0.3 is 10.3 Å². The van der Waals surface area contributed by atoms with Gasteiger partial charge in [0, 0.05) is 29.8 Å². The van der Waals surface area contributed by atoms with E-state index in [1.165, 1.54) is 6.07 Å². The van der Waals surface area contributed by atoms with Crippen LogP contribution in [-0.2, 0) is 11.2 Å². The number of nitrogens with one attached hydrogen (secondary N) is 2. The van der Waals surface area contributed by atoms with Gasteiger partial charge in [-0.1, -0.05) is 36.4 Å². The minimum Gasteiger partial charge on any atom is -0.346 e. The minimum atomic E-state index is -0.430. The summed E-state index contributed by atoms with van der Waals surface area (Å²) in [6.45, 7) is 0. The van der Waals surface area contributed by atoms with E-state index < -0.39 is 5.82 Å². The van der Waals surface area contributed by atoms with Gasteiger partial charge in [0.05, 0.1) is 5.69 Å². The molecule has 27 heavy (non-hydrogen) atoms. The molecule has 4 rings (SSSR count). The molecule has 134 valence electrons. The first kappa shape index (κ1) is 17.0. The number of pyridine rings is 1. The maximum Gasteiger partial charge on any atom is 0.224 e. The third kappa shape index (κ3) is 3.87. The molecule has 0 atom stereocenters. The van der Waals surface area contributed by atoms with Crippen molar-refractivity contribution in [3.05, 3.63) is 84.4 Å². The molecule has 2 aromatic heterocycles. The van der Waals surface area contributed by atoms with E-state index in [0.29, 0.717) is 6.42 Å². The Kier molecular flexibility index (Phi) is 4.66. The van der Waals surface area contributed by atoms with Crippen LogP contribution in [-0.4, -0.2) is 15.9 Å². The van der Waals surface area contributed by atoms with Crippen LogP contribution in [0, 0.1) is 5.82 Å². The number of carbonyl (C=O) groups excluding carboxylic acids is 1. The molecular weight excluding hydrogens is 341 g/mol. The molecule has 0 aliphatic rings. The monoisotopic (exact) mass is 359 g/mol. The molecule has 2 N–H and O–H groups in total. The van der Waals surface area contributed by atoms with Crippen LogP contribution >= 0.6 is 0 Å². The molecule has 0 fully saturated rings. The number of benzene rings is 2. The number of aromatic nitrogens is 2. The van der Waals surface area contributed by atoms with Gasteiger partial charge in [-0.15, -0.1) is 0 Å². The van der Waals surface area contributed by atoms with Crippen LogP contribution < -0.4 is 5.32 Å². The lowest BCUT2D eigenvalue weighted by Gasteiger charge is -2.08. The van der Waals surface area contributed by atoms with Gasteiger partial charge in [-0.3, -0.25) is 4.79 Å². The molecule has 4 nitrogen and oxygen atoms in total. The van der Waals surface area contributed by atoms with Crippen molar-refractivity contribution in [1.82, 2.24) is 9.97 Å². The summed E-state index contributed by atoms with van der Waals surface area (Å²) in [5.74, 6) is -0.638. The number of amides is 1. The van der Waals surface area contributed by atoms with Gasteiger partial charge in [0.1, 0.15) is 11.5 Å². The Bertz CT molecular complexity index is 1100. The molecule has 0 aliphatic carbocycles. The summed E-state index contributed by atoms with van der Waals surface area (Å²) in [5, 5.41) is 3.67. The van der Waals surface area contributed by atoms with Gasteiger partial charge in [-0.2, -0.15) is 0 Å². The van der Waals surface area contributed by atoms with E-state index in [1.54, 1.807) is 18.2 Å².